The molecule has 13 heavy (non-hydrogen) atoms. The van der Waals surface area contributed by atoms with E-state index in [-0.39, 0.29) is 17.0 Å². The van der Waals surface area contributed by atoms with E-state index in [1.54, 1.807) is 0 Å². The van der Waals surface area contributed by atoms with E-state index in [1.807, 2.05) is 0 Å². The zero-order valence-electron chi connectivity index (χ0n) is 6.67. The molecule has 2 atom stereocenters. The Hall–Kier alpha value is -0.920. The van der Waals surface area contributed by atoms with Crippen LogP contribution in [0.1, 0.15) is 6.42 Å². The van der Waals surface area contributed by atoms with Gasteiger partial charge in [0.2, 0.25) is 10.0 Å². The van der Waals surface area contributed by atoms with Crippen molar-refractivity contribution < 1.29 is 12.9 Å². The minimum atomic E-state index is -3.47. The van der Waals surface area contributed by atoms with Crippen LogP contribution >= 0.6 is 0 Å². The van der Waals surface area contributed by atoms with Crippen molar-refractivity contribution in [3.8, 4) is 0 Å². The third kappa shape index (κ3) is 1.71. The summed E-state index contributed by atoms with van der Waals surface area (Å²) in [4.78, 5) is 0.0339. The van der Waals surface area contributed by atoms with Gasteiger partial charge in [-0.05, 0) is 6.42 Å². The minimum Gasteiger partial charge on any atom is -0.363 e. The van der Waals surface area contributed by atoms with Crippen LogP contribution in [0.3, 0.4) is 0 Å². The van der Waals surface area contributed by atoms with Gasteiger partial charge in [-0.2, -0.15) is 0 Å². The molecule has 0 bridgehead atoms. The molecule has 1 fully saturated rings. The molecule has 1 aliphatic rings. The maximum atomic E-state index is 11.4. The highest BCUT2D eigenvalue weighted by Crippen LogP contribution is 2.20. The predicted molar refractivity (Wildman–Crippen MR) is 43.2 cm³/mol. The third-order valence-corrected chi connectivity index (χ3v) is 3.30. The van der Waals surface area contributed by atoms with E-state index in [4.69, 9.17) is 5.73 Å². The second-order valence-electron chi connectivity index (χ2n) is 2.99. The Bertz CT molecular complexity index is 385. The van der Waals surface area contributed by atoms with Gasteiger partial charge in [0.05, 0.1) is 6.20 Å². The van der Waals surface area contributed by atoms with Crippen molar-refractivity contribution in [3.63, 3.8) is 0 Å². The molecule has 6 nitrogen and oxygen atoms in total. The second kappa shape index (κ2) is 2.79. The van der Waals surface area contributed by atoms with Gasteiger partial charge in [0.1, 0.15) is 11.2 Å². The first kappa shape index (κ1) is 8.67. The van der Waals surface area contributed by atoms with Crippen LogP contribution in [0, 0.1) is 0 Å². The normalized spacial score (nSPS) is 27.5. The Labute approximate surface area is 75.1 Å². The predicted octanol–water partition coefficient (Wildman–Crippen LogP) is -0.948. The van der Waals surface area contributed by atoms with Crippen LogP contribution in [0.5, 0.6) is 0 Å². The van der Waals surface area contributed by atoms with Gasteiger partial charge < -0.3 is 10.3 Å². The van der Waals surface area contributed by atoms with E-state index >= 15 is 0 Å². The summed E-state index contributed by atoms with van der Waals surface area (Å²) in [5, 5.41) is 3.31. The quantitative estimate of drug-likeness (QED) is 0.660. The number of nitrogens with one attached hydrogen (secondary N) is 1. The zero-order chi connectivity index (χ0) is 9.47. The molecular formula is C6H9N3O3S. The standard InChI is InChI=1S/C6H9N3O3S/c7-5-1-6(5)9-13(10,11)4-2-8-12-3-4/h2-3,5-6,9H,1,7H2. The van der Waals surface area contributed by atoms with Gasteiger partial charge in [0.25, 0.3) is 0 Å². The van der Waals surface area contributed by atoms with Crippen LogP contribution in [0.4, 0.5) is 0 Å². The Morgan fingerprint density at radius 2 is 2.38 bits per heavy atom. The Morgan fingerprint density at radius 3 is 2.85 bits per heavy atom. The molecule has 0 saturated heterocycles. The molecule has 0 spiro atoms. The number of sulfonamides is 1. The fourth-order valence-electron chi connectivity index (χ4n) is 0.945. The summed E-state index contributed by atoms with van der Waals surface area (Å²) in [6.07, 6.45) is 2.91. The third-order valence-electron chi connectivity index (χ3n) is 1.87. The second-order valence-corrected chi connectivity index (χ2v) is 4.70. The van der Waals surface area contributed by atoms with Crippen LogP contribution in [-0.4, -0.2) is 25.7 Å². The molecule has 1 aliphatic carbocycles. The number of hydrogen-bond acceptors (Lipinski definition) is 5. The maximum Gasteiger partial charge on any atom is 0.245 e. The van der Waals surface area contributed by atoms with Crippen LogP contribution in [0.25, 0.3) is 0 Å². The summed E-state index contributed by atoms with van der Waals surface area (Å²) < 4.78 is 29.7. The molecule has 7 heteroatoms. The molecule has 0 aromatic carbocycles. The van der Waals surface area contributed by atoms with Crippen LogP contribution < -0.4 is 10.5 Å². The average Bonchev–Trinajstić information content (AvgIpc) is 2.56. The summed E-state index contributed by atoms with van der Waals surface area (Å²) >= 11 is 0. The number of nitrogens with zero attached hydrogens (tertiary/aromatic N) is 1. The molecule has 72 valence electrons. The van der Waals surface area contributed by atoms with Crippen molar-refractivity contribution in [2.75, 3.05) is 0 Å². The van der Waals surface area contributed by atoms with Gasteiger partial charge >= 0.3 is 0 Å². The molecule has 0 aliphatic heterocycles. The largest absolute Gasteiger partial charge is 0.363 e. The lowest BCUT2D eigenvalue weighted by atomic mass is 10.7. The minimum absolute atomic E-state index is 0.0339. The van der Waals surface area contributed by atoms with Gasteiger partial charge in [0.15, 0.2) is 0 Å². The van der Waals surface area contributed by atoms with Crippen LogP contribution in [0.15, 0.2) is 21.9 Å². The van der Waals surface area contributed by atoms with Crippen molar-refractivity contribution in [3.05, 3.63) is 12.5 Å². The van der Waals surface area contributed by atoms with Gasteiger partial charge in [-0.3, -0.25) is 0 Å². The van der Waals surface area contributed by atoms with Gasteiger partial charge in [-0.15, -0.1) is 0 Å². The lowest BCUT2D eigenvalue weighted by Gasteiger charge is -2.00. The Kier molecular flexibility index (Phi) is 1.86. The van der Waals surface area contributed by atoms with E-state index in [2.05, 4.69) is 14.4 Å². The number of hydrogen-bond donors (Lipinski definition) is 2. The highest BCUT2D eigenvalue weighted by Gasteiger charge is 2.37. The topological polar surface area (TPSA) is 98.2 Å². The number of aromatic nitrogens is 1. The first-order chi connectivity index (χ1) is 6.09. The molecule has 2 rings (SSSR count). The average molecular weight is 203 g/mol. The first-order valence-electron chi connectivity index (χ1n) is 3.77. The monoisotopic (exact) mass is 203 g/mol. The van der Waals surface area contributed by atoms with Crippen molar-refractivity contribution in [2.45, 2.75) is 23.4 Å². The van der Waals surface area contributed by atoms with Crippen LogP contribution in [0.2, 0.25) is 0 Å². The van der Waals surface area contributed by atoms with Crippen molar-refractivity contribution in [2.24, 2.45) is 5.73 Å². The molecule has 1 aromatic rings. The fraction of sp³-hybridized carbons (Fsp3) is 0.500. The summed E-state index contributed by atoms with van der Waals surface area (Å²) in [5.41, 5.74) is 5.46. The Morgan fingerprint density at radius 1 is 1.69 bits per heavy atom. The van der Waals surface area contributed by atoms with E-state index in [1.165, 1.54) is 0 Å². The van der Waals surface area contributed by atoms with Crippen molar-refractivity contribution >= 4 is 10.0 Å². The SMILES string of the molecule is NC1CC1NS(=O)(=O)c1cnoc1. The fourth-order valence-corrected chi connectivity index (χ4v) is 2.10. The van der Waals surface area contributed by atoms with Crippen LogP contribution in [-0.2, 0) is 10.0 Å². The molecule has 1 saturated carbocycles. The summed E-state index contributed by atoms with van der Waals surface area (Å²) in [6.45, 7) is 0. The van der Waals surface area contributed by atoms with Gasteiger partial charge in [0, 0.05) is 12.1 Å². The van der Waals surface area contributed by atoms with Crippen molar-refractivity contribution in [1.82, 2.24) is 9.88 Å². The van der Waals surface area contributed by atoms with E-state index in [9.17, 15) is 8.42 Å². The van der Waals surface area contributed by atoms with E-state index in [0.29, 0.717) is 6.42 Å². The summed E-state index contributed by atoms with van der Waals surface area (Å²) in [6, 6.07) is -0.200. The van der Waals surface area contributed by atoms with Gasteiger partial charge in [-0.25, -0.2) is 13.1 Å². The van der Waals surface area contributed by atoms with Crippen molar-refractivity contribution in [1.29, 1.82) is 0 Å². The zero-order valence-corrected chi connectivity index (χ0v) is 7.49. The molecule has 0 amide bonds. The maximum absolute atomic E-state index is 11.4. The highest BCUT2D eigenvalue weighted by atomic mass is 32.2. The molecule has 3 N–H and O–H groups in total. The number of nitrogens with two attached hydrogens (primary N) is 1. The smallest absolute Gasteiger partial charge is 0.245 e. The van der Waals surface area contributed by atoms with E-state index < -0.39 is 10.0 Å². The summed E-state index contributed by atoms with van der Waals surface area (Å²) in [7, 11) is -3.47. The molecular weight excluding hydrogens is 194 g/mol. The van der Waals surface area contributed by atoms with Gasteiger partial charge in [-0.1, -0.05) is 5.16 Å². The molecule has 1 heterocycles. The highest BCUT2D eigenvalue weighted by molar-refractivity contribution is 7.89. The lowest BCUT2D eigenvalue weighted by Crippen LogP contribution is -2.29. The molecule has 2 unspecified atom stereocenters. The van der Waals surface area contributed by atoms with E-state index in [0.717, 1.165) is 12.5 Å². The first-order valence-corrected chi connectivity index (χ1v) is 5.25. The molecule has 1 aromatic heterocycles. The summed E-state index contributed by atoms with van der Waals surface area (Å²) in [5.74, 6) is 0. The molecule has 0 radical (unpaired) electrons. The Balaban J connectivity index is 2.13. The number of rotatable bonds is 3. The lowest BCUT2D eigenvalue weighted by molar-refractivity contribution is 0.417.